The molecule has 0 bridgehead atoms. The fraction of sp³-hybridized carbons (Fsp3) is 0.714. The SMILES string of the molecule is CNC(=O)/N=C1\SCCCN1C. The lowest BCUT2D eigenvalue weighted by molar-refractivity contribution is 0.251. The maximum Gasteiger partial charge on any atom is 0.343 e. The van der Waals surface area contributed by atoms with Crippen LogP contribution in [-0.2, 0) is 0 Å². The van der Waals surface area contributed by atoms with Crippen molar-refractivity contribution >= 4 is 23.0 Å². The van der Waals surface area contributed by atoms with Crippen LogP contribution in [0, 0.1) is 0 Å². The van der Waals surface area contributed by atoms with Gasteiger partial charge in [-0.05, 0) is 6.42 Å². The summed E-state index contributed by atoms with van der Waals surface area (Å²) in [5.74, 6) is 1.06. The van der Waals surface area contributed by atoms with Crippen molar-refractivity contribution in [1.29, 1.82) is 0 Å². The lowest BCUT2D eigenvalue weighted by Gasteiger charge is -2.24. The molecule has 0 spiro atoms. The lowest BCUT2D eigenvalue weighted by atomic mass is 10.4. The van der Waals surface area contributed by atoms with Crippen molar-refractivity contribution in [2.24, 2.45) is 4.99 Å². The Morgan fingerprint density at radius 2 is 2.50 bits per heavy atom. The van der Waals surface area contributed by atoms with Crippen molar-refractivity contribution in [3.63, 3.8) is 0 Å². The molecule has 0 aromatic rings. The third-order valence-electron chi connectivity index (χ3n) is 1.61. The molecule has 4 nitrogen and oxygen atoms in total. The van der Waals surface area contributed by atoms with Gasteiger partial charge in [0.2, 0.25) is 0 Å². The van der Waals surface area contributed by atoms with E-state index in [2.05, 4.69) is 10.3 Å². The first-order valence-electron chi connectivity index (χ1n) is 3.88. The molecular weight excluding hydrogens is 174 g/mol. The first-order valence-corrected chi connectivity index (χ1v) is 4.87. The van der Waals surface area contributed by atoms with Crippen LogP contribution in [0.5, 0.6) is 0 Å². The van der Waals surface area contributed by atoms with E-state index in [1.165, 1.54) is 0 Å². The Morgan fingerprint density at radius 3 is 3.08 bits per heavy atom. The number of aliphatic imine (C=N–C) groups is 1. The van der Waals surface area contributed by atoms with Crippen LogP contribution >= 0.6 is 11.8 Å². The van der Waals surface area contributed by atoms with E-state index in [1.54, 1.807) is 18.8 Å². The predicted octanol–water partition coefficient (Wildman–Crippen LogP) is 0.750. The quantitative estimate of drug-likeness (QED) is 0.608. The Morgan fingerprint density at radius 1 is 1.75 bits per heavy atom. The van der Waals surface area contributed by atoms with Gasteiger partial charge in [0.15, 0.2) is 5.17 Å². The highest BCUT2D eigenvalue weighted by Gasteiger charge is 2.13. The summed E-state index contributed by atoms with van der Waals surface area (Å²) in [4.78, 5) is 16.8. The van der Waals surface area contributed by atoms with Crippen LogP contribution in [0.4, 0.5) is 4.79 Å². The highest BCUT2D eigenvalue weighted by Crippen LogP contribution is 2.15. The molecule has 1 aliphatic rings. The Bertz CT molecular complexity index is 205. The number of thioether (sulfide) groups is 1. The van der Waals surface area contributed by atoms with E-state index in [4.69, 9.17) is 0 Å². The molecular formula is C7H13N3OS. The first kappa shape index (κ1) is 9.38. The topological polar surface area (TPSA) is 44.7 Å². The van der Waals surface area contributed by atoms with Crippen LogP contribution in [0.1, 0.15) is 6.42 Å². The van der Waals surface area contributed by atoms with Crippen LogP contribution in [-0.4, -0.2) is 42.5 Å². The molecule has 0 aromatic heterocycles. The number of hydrogen-bond donors (Lipinski definition) is 1. The number of carbonyl (C=O) groups excluding carboxylic acids is 1. The molecule has 0 aromatic carbocycles. The van der Waals surface area contributed by atoms with Gasteiger partial charge in [-0.25, -0.2) is 4.79 Å². The summed E-state index contributed by atoms with van der Waals surface area (Å²) >= 11 is 1.63. The van der Waals surface area contributed by atoms with Crippen molar-refractivity contribution in [2.75, 3.05) is 26.4 Å². The number of rotatable bonds is 0. The van der Waals surface area contributed by atoms with Gasteiger partial charge in [-0.3, -0.25) is 0 Å². The van der Waals surface area contributed by atoms with Gasteiger partial charge in [-0.2, -0.15) is 4.99 Å². The number of amides is 2. The molecule has 0 atom stereocenters. The normalized spacial score (nSPS) is 21.2. The van der Waals surface area contributed by atoms with E-state index < -0.39 is 0 Å². The third kappa shape index (κ3) is 2.41. The number of hydrogen-bond acceptors (Lipinski definition) is 2. The van der Waals surface area contributed by atoms with Crippen LogP contribution in [0.3, 0.4) is 0 Å². The highest BCUT2D eigenvalue weighted by atomic mass is 32.2. The van der Waals surface area contributed by atoms with Crippen LogP contribution in [0.15, 0.2) is 4.99 Å². The van der Waals surface area contributed by atoms with Gasteiger partial charge in [-0.1, -0.05) is 11.8 Å². The molecule has 0 radical (unpaired) electrons. The molecule has 1 N–H and O–H groups in total. The molecule has 0 unspecified atom stereocenters. The molecule has 2 amide bonds. The maximum absolute atomic E-state index is 10.9. The van der Waals surface area contributed by atoms with E-state index in [1.807, 2.05) is 11.9 Å². The standard InChI is InChI=1S/C7H13N3OS/c1-8-6(11)9-7-10(2)4-3-5-12-7/h3-5H2,1-2H3,(H,8,11)/b9-7-. The van der Waals surface area contributed by atoms with Crippen LogP contribution < -0.4 is 5.32 Å². The Hall–Kier alpha value is -0.710. The highest BCUT2D eigenvalue weighted by molar-refractivity contribution is 8.13. The van der Waals surface area contributed by atoms with Crippen molar-refractivity contribution in [2.45, 2.75) is 6.42 Å². The Balaban J connectivity index is 2.58. The second-order valence-electron chi connectivity index (χ2n) is 2.57. The summed E-state index contributed by atoms with van der Waals surface area (Å²) in [7, 11) is 3.54. The molecule has 0 aliphatic carbocycles. The minimum Gasteiger partial charge on any atom is -0.354 e. The largest absolute Gasteiger partial charge is 0.354 e. The van der Waals surface area contributed by atoms with E-state index in [0.717, 1.165) is 23.9 Å². The number of urea groups is 1. The molecule has 0 saturated carbocycles. The van der Waals surface area contributed by atoms with Crippen LogP contribution in [0.25, 0.3) is 0 Å². The fourth-order valence-electron chi connectivity index (χ4n) is 0.931. The zero-order valence-electron chi connectivity index (χ0n) is 7.33. The zero-order valence-corrected chi connectivity index (χ0v) is 8.15. The predicted molar refractivity (Wildman–Crippen MR) is 51.6 cm³/mol. The Kier molecular flexibility index (Phi) is 3.40. The van der Waals surface area contributed by atoms with Gasteiger partial charge in [-0.15, -0.1) is 0 Å². The van der Waals surface area contributed by atoms with Gasteiger partial charge >= 0.3 is 6.03 Å². The zero-order chi connectivity index (χ0) is 8.97. The molecule has 1 rings (SSSR count). The second-order valence-corrected chi connectivity index (χ2v) is 3.64. The molecule has 1 saturated heterocycles. The summed E-state index contributed by atoms with van der Waals surface area (Å²) in [5.41, 5.74) is 0. The average molecular weight is 187 g/mol. The second kappa shape index (κ2) is 4.35. The molecule has 1 aliphatic heterocycles. The fourth-order valence-corrected chi connectivity index (χ4v) is 1.85. The molecule has 68 valence electrons. The minimum atomic E-state index is -0.272. The smallest absolute Gasteiger partial charge is 0.343 e. The maximum atomic E-state index is 10.9. The molecule has 5 heteroatoms. The molecule has 1 heterocycles. The summed E-state index contributed by atoms with van der Waals surface area (Å²) in [6, 6.07) is -0.272. The van der Waals surface area contributed by atoms with Crippen molar-refractivity contribution in [3.8, 4) is 0 Å². The van der Waals surface area contributed by atoms with E-state index in [9.17, 15) is 4.79 Å². The van der Waals surface area contributed by atoms with E-state index in [0.29, 0.717) is 0 Å². The van der Waals surface area contributed by atoms with E-state index in [-0.39, 0.29) is 6.03 Å². The van der Waals surface area contributed by atoms with Crippen molar-refractivity contribution < 1.29 is 4.79 Å². The first-order chi connectivity index (χ1) is 5.74. The van der Waals surface area contributed by atoms with Gasteiger partial charge in [0.05, 0.1) is 0 Å². The minimum absolute atomic E-state index is 0.272. The number of nitrogens with one attached hydrogen (secondary N) is 1. The van der Waals surface area contributed by atoms with Crippen LogP contribution in [0.2, 0.25) is 0 Å². The summed E-state index contributed by atoms with van der Waals surface area (Å²) < 4.78 is 0. The summed E-state index contributed by atoms with van der Waals surface area (Å²) in [6.07, 6.45) is 1.16. The molecule has 12 heavy (non-hydrogen) atoms. The lowest BCUT2D eigenvalue weighted by Crippen LogP contribution is -2.31. The number of carbonyl (C=O) groups is 1. The monoisotopic (exact) mass is 187 g/mol. The van der Waals surface area contributed by atoms with Crippen molar-refractivity contribution in [1.82, 2.24) is 10.2 Å². The summed E-state index contributed by atoms with van der Waals surface area (Å²) in [5, 5.41) is 3.29. The number of nitrogens with zero attached hydrogens (tertiary/aromatic N) is 2. The van der Waals surface area contributed by atoms with Crippen molar-refractivity contribution in [3.05, 3.63) is 0 Å². The summed E-state index contributed by atoms with van der Waals surface area (Å²) in [6.45, 7) is 0.989. The number of amidine groups is 1. The average Bonchev–Trinajstić information content (AvgIpc) is 2.09. The van der Waals surface area contributed by atoms with Gasteiger partial charge < -0.3 is 10.2 Å². The van der Waals surface area contributed by atoms with Gasteiger partial charge in [0.1, 0.15) is 0 Å². The van der Waals surface area contributed by atoms with Gasteiger partial charge in [0.25, 0.3) is 0 Å². The molecule has 1 fully saturated rings. The third-order valence-corrected chi connectivity index (χ3v) is 2.76. The van der Waals surface area contributed by atoms with Gasteiger partial charge in [0, 0.05) is 26.4 Å². The van der Waals surface area contributed by atoms with E-state index >= 15 is 0 Å². The Labute approximate surface area is 76.4 Å².